The van der Waals surface area contributed by atoms with Crippen LogP contribution in [0.4, 0.5) is 0 Å². The molecule has 0 aromatic heterocycles. The van der Waals surface area contributed by atoms with E-state index in [9.17, 15) is 4.79 Å². The van der Waals surface area contributed by atoms with Crippen molar-refractivity contribution >= 4 is 5.97 Å². The summed E-state index contributed by atoms with van der Waals surface area (Å²) in [5, 5.41) is 0. The zero-order chi connectivity index (χ0) is 15.7. The number of hydrogen-bond acceptors (Lipinski definition) is 3. The molecule has 4 nitrogen and oxygen atoms in total. The summed E-state index contributed by atoms with van der Waals surface area (Å²) >= 11 is 0. The van der Waals surface area contributed by atoms with E-state index in [2.05, 4.69) is 6.92 Å². The van der Waals surface area contributed by atoms with Crippen LogP contribution in [-0.4, -0.2) is 43.9 Å². The molecule has 4 heteroatoms. The van der Waals surface area contributed by atoms with Crippen LogP contribution in [0.3, 0.4) is 0 Å². The molecule has 23 heavy (non-hydrogen) atoms. The number of carbonyl (C=O) groups is 1. The van der Waals surface area contributed by atoms with Crippen molar-refractivity contribution < 1.29 is 19.2 Å². The first-order valence-corrected chi connectivity index (χ1v) is 9.78. The number of nitrogens with one attached hydrogen (secondary N) is 1. The molecule has 5 fully saturated rings. The lowest BCUT2D eigenvalue weighted by atomic mass is 9.53. The average molecular weight is 320 g/mol. The molecular formula is C19H30NO3+. The smallest absolute Gasteiger partial charge is 0.315 e. The minimum absolute atomic E-state index is 0.104. The van der Waals surface area contributed by atoms with Gasteiger partial charge in [0.25, 0.3) is 0 Å². The van der Waals surface area contributed by atoms with Crippen molar-refractivity contribution in [2.75, 3.05) is 26.2 Å². The van der Waals surface area contributed by atoms with E-state index in [4.69, 9.17) is 9.47 Å². The number of epoxide rings is 1. The molecule has 6 atom stereocenters. The van der Waals surface area contributed by atoms with Gasteiger partial charge in [-0.15, -0.1) is 0 Å². The molecule has 0 radical (unpaired) electrons. The quantitative estimate of drug-likeness (QED) is 0.614. The fourth-order valence-corrected chi connectivity index (χ4v) is 6.58. The molecule has 3 saturated heterocycles. The Morgan fingerprint density at radius 2 is 2.00 bits per heavy atom. The number of likely N-dealkylation sites (tertiary alicyclic amines) is 1. The van der Waals surface area contributed by atoms with Gasteiger partial charge < -0.3 is 14.4 Å². The van der Waals surface area contributed by atoms with Gasteiger partial charge in [0.05, 0.1) is 31.8 Å². The normalized spacial score (nSPS) is 52.3. The standard InChI is InChI=1S/C19H29NO3/c1-18-5-4-6-19(12-22-19)16(18)9-13-14(11-20-7-2-3-8-20)17(21)23-15(13)10-18/h13-16H,2-12H2,1H3/p+1/t13-,14-,15-,16-,18-,19+/m1/s1. The number of ether oxygens (including phenoxy) is 2. The van der Waals surface area contributed by atoms with Crippen LogP contribution >= 0.6 is 0 Å². The first-order valence-electron chi connectivity index (χ1n) is 9.78. The number of rotatable bonds is 2. The molecule has 3 aliphatic heterocycles. The van der Waals surface area contributed by atoms with E-state index in [1.165, 1.54) is 45.2 Å². The predicted octanol–water partition coefficient (Wildman–Crippen LogP) is 1.19. The van der Waals surface area contributed by atoms with Crippen molar-refractivity contribution in [3.8, 4) is 0 Å². The number of quaternary nitrogens is 1. The predicted molar refractivity (Wildman–Crippen MR) is 85.0 cm³/mol. The van der Waals surface area contributed by atoms with Gasteiger partial charge in [-0.3, -0.25) is 4.79 Å². The number of carbonyl (C=O) groups excluding carboxylic acids is 1. The summed E-state index contributed by atoms with van der Waals surface area (Å²) < 4.78 is 11.9. The molecule has 0 unspecified atom stereocenters. The van der Waals surface area contributed by atoms with Crippen LogP contribution < -0.4 is 4.90 Å². The second-order valence-electron chi connectivity index (χ2n) is 9.26. The molecule has 0 aromatic rings. The van der Waals surface area contributed by atoms with Crippen LogP contribution in [0.25, 0.3) is 0 Å². The van der Waals surface area contributed by atoms with E-state index in [1.54, 1.807) is 4.90 Å². The van der Waals surface area contributed by atoms with Gasteiger partial charge in [-0.05, 0) is 43.4 Å². The number of hydrogen-bond donors (Lipinski definition) is 1. The van der Waals surface area contributed by atoms with Crippen molar-refractivity contribution in [3.05, 3.63) is 0 Å². The van der Waals surface area contributed by atoms with Gasteiger partial charge in [0.2, 0.25) is 0 Å². The molecule has 2 aliphatic carbocycles. The zero-order valence-corrected chi connectivity index (χ0v) is 14.3. The van der Waals surface area contributed by atoms with Gasteiger partial charge >= 0.3 is 5.97 Å². The van der Waals surface area contributed by atoms with Crippen LogP contribution in [0, 0.1) is 23.2 Å². The molecule has 0 aromatic carbocycles. The van der Waals surface area contributed by atoms with Crippen LogP contribution in [-0.2, 0) is 14.3 Å². The highest BCUT2D eigenvalue weighted by molar-refractivity contribution is 5.75. The molecule has 128 valence electrons. The fraction of sp³-hybridized carbons (Fsp3) is 0.947. The maximum atomic E-state index is 12.5. The molecule has 5 rings (SSSR count). The Labute approximate surface area is 138 Å². The van der Waals surface area contributed by atoms with Crippen LogP contribution in [0.15, 0.2) is 0 Å². The van der Waals surface area contributed by atoms with Gasteiger partial charge in [-0.25, -0.2) is 0 Å². The van der Waals surface area contributed by atoms with Gasteiger partial charge in [0.1, 0.15) is 12.0 Å². The molecule has 5 aliphatic rings. The maximum Gasteiger partial charge on any atom is 0.315 e. The highest BCUT2D eigenvalue weighted by Crippen LogP contribution is 2.62. The highest BCUT2D eigenvalue weighted by atomic mass is 16.6. The third kappa shape index (κ3) is 2.21. The summed E-state index contributed by atoms with van der Waals surface area (Å²) in [7, 11) is 0. The van der Waals surface area contributed by atoms with Gasteiger partial charge in [0, 0.05) is 18.8 Å². The summed E-state index contributed by atoms with van der Waals surface area (Å²) in [5.41, 5.74) is 0.500. The van der Waals surface area contributed by atoms with E-state index in [0.717, 1.165) is 26.0 Å². The van der Waals surface area contributed by atoms with Gasteiger partial charge in [-0.2, -0.15) is 0 Å². The molecule has 0 amide bonds. The van der Waals surface area contributed by atoms with E-state index < -0.39 is 0 Å². The monoisotopic (exact) mass is 320 g/mol. The van der Waals surface area contributed by atoms with Crippen molar-refractivity contribution in [2.45, 2.75) is 63.6 Å². The fourth-order valence-electron chi connectivity index (χ4n) is 6.58. The molecule has 0 bridgehead atoms. The zero-order valence-electron chi connectivity index (χ0n) is 14.3. The second-order valence-corrected chi connectivity index (χ2v) is 9.26. The number of fused-ring (bicyclic) bond motifs is 3. The van der Waals surface area contributed by atoms with Gasteiger partial charge in [-0.1, -0.05) is 6.92 Å². The van der Waals surface area contributed by atoms with Crippen molar-refractivity contribution in [3.63, 3.8) is 0 Å². The Morgan fingerprint density at radius 1 is 1.22 bits per heavy atom. The van der Waals surface area contributed by atoms with Crippen LogP contribution in [0.2, 0.25) is 0 Å². The Hall–Kier alpha value is -0.610. The Balaban J connectivity index is 1.38. The minimum atomic E-state index is 0.104. The van der Waals surface area contributed by atoms with Crippen molar-refractivity contribution in [1.82, 2.24) is 0 Å². The third-order valence-electron chi connectivity index (χ3n) is 7.90. The first kappa shape index (κ1) is 14.7. The Bertz CT molecular complexity index is 511. The highest BCUT2D eigenvalue weighted by Gasteiger charge is 2.65. The second kappa shape index (κ2) is 4.95. The lowest BCUT2D eigenvalue weighted by molar-refractivity contribution is -0.890. The Kier molecular flexibility index (Phi) is 3.17. The first-order chi connectivity index (χ1) is 11.1. The van der Waals surface area contributed by atoms with Gasteiger partial charge in [0.15, 0.2) is 0 Å². The third-order valence-corrected chi connectivity index (χ3v) is 7.90. The van der Waals surface area contributed by atoms with E-state index >= 15 is 0 Å². The maximum absolute atomic E-state index is 12.5. The summed E-state index contributed by atoms with van der Waals surface area (Å²) in [6.07, 6.45) is 8.86. The summed E-state index contributed by atoms with van der Waals surface area (Å²) in [5.74, 6) is 1.35. The molecular weight excluding hydrogens is 290 g/mol. The summed E-state index contributed by atoms with van der Waals surface area (Å²) in [4.78, 5) is 14.2. The lowest BCUT2D eigenvalue weighted by Gasteiger charge is -2.51. The SMILES string of the molecule is C[C@]12CCC[C@]3(CO3)[C@@H]1C[C@H]1[C@@H](C2)OC(=O)[C@@H]1C[NH+]1CCCC1. The van der Waals surface area contributed by atoms with Crippen LogP contribution in [0.5, 0.6) is 0 Å². The van der Waals surface area contributed by atoms with E-state index in [0.29, 0.717) is 17.3 Å². The summed E-state index contributed by atoms with van der Waals surface area (Å²) in [6.45, 7) is 6.90. The molecule has 1 spiro atoms. The Morgan fingerprint density at radius 3 is 2.74 bits per heavy atom. The van der Waals surface area contributed by atoms with E-state index in [-0.39, 0.29) is 23.6 Å². The lowest BCUT2D eigenvalue weighted by Crippen LogP contribution is -3.10. The average Bonchev–Trinajstić information content (AvgIpc) is 2.97. The van der Waals surface area contributed by atoms with E-state index in [1.807, 2.05) is 0 Å². The largest absolute Gasteiger partial charge is 0.462 e. The van der Waals surface area contributed by atoms with Crippen molar-refractivity contribution in [2.24, 2.45) is 23.2 Å². The van der Waals surface area contributed by atoms with Crippen molar-refractivity contribution in [1.29, 1.82) is 0 Å². The topological polar surface area (TPSA) is 43.3 Å². The molecule has 2 saturated carbocycles. The van der Waals surface area contributed by atoms with Crippen LogP contribution in [0.1, 0.15) is 51.9 Å². The molecule has 3 heterocycles. The summed E-state index contributed by atoms with van der Waals surface area (Å²) in [6, 6.07) is 0. The number of esters is 1. The minimum Gasteiger partial charge on any atom is -0.462 e. The molecule has 1 N–H and O–H groups in total.